The minimum Gasteiger partial charge on any atom is -0.480 e. The van der Waals surface area contributed by atoms with Crippen molar-refractivity contribution >= 4 is 16.2 Å². The van der Waals surface area contributed by atoms with Crippen molar-refractivity contribution in [1.82, 2.24) is 4.31 Å². The van der Waals surface area contributed by atoms with Crippen LogP contribution in [0.25, 0.3) is 0 Å². The molecule has 0 bridgehead atoms. The van der Waals surface area contributed by atoms with Gasteiger partial charge in [-0.15, -0.1) is 0 Å². The third-order valence-electron chi connectivity index (χ3n) is 1.75. The maximum Gasteiger partial charge on any atom is 0.320 e. The van der Waals surface area contributed by atoms with E-state index >= 15 is 0 Å². The van der Waals surface area contributed by atoms with Gasteiger partial charge in [0.2, 0.25) is 0 Å². The van der Waals surface area contributed by atoms with Crippen molar-refractivity contribution in [2.45, 2.75) is 12.5 Å². The lowest BCUT2D eigenvalue weighted by Crippen LogP contribution is -2.43. The molecule has 9 heteroatoms. The fourth-order valence-corrected chi connectivity index (χ4v) is 1.64. The lowest BCUT2D eigenvalue weighted by atomic mass is 10.2. The van der Waals surface area contributed by atoms with E-state index in [2.05, 4.69) is 0 Å². The van der Waals surface area contributed by atoms with Crippen molar-refractivity contribution in [3.8, 4) is 0 Å². The monoisotopic (exact) mass is 240 g/mol. The Morgan fingerprint density at radius 3 is 2.27 bits per heavy atom. The molecule has 0 spiro atoms. The Morgan fingerprint density at radius 2 is 1.93 bits per heavy atom. The summed E-state index contributed by atoms with van der Waals surface area (Å²) >= 11 is 0. The van der Waals surface area contributed by atoms with Crippen molar-refractivity contribution in [1.29, 1.82) is 0 Å². The van der Waals surface area contributed by atoms with E-state index in [9.17, 15) is 13.2 Å². The van der Waals surface area contributed by atoms with Crippen LogP contribution < -0.4 is 16.6 Å². The van der Waals surface area contributed by atoms with Crippen LogP contribution in [0.3, 0.4) is 0 Å². The molecule has 1 unspecified atom stereocenters. The molecular formula is C6H16N4O4S. The number of aliphatic carboxylic acids is 1. The fourth-order valence-electron chi connectivity index (χ4n) is 0.917. The van der Waals surface area contributed by atoms with E-state index < -0.39 is 22.2 Å². The van der Waals surface area contributed by atoms with Crippen LogP contribution in [0.5, 0.6) is 0 Å². The predicted octanol–water partition coefficient (Wildman–Crippen LogP) is -2.75. The lowest BCUT2D eigenvalue weighted by molar-refractivity contribution is -0.138. The van der Waals surface area contributed by atoms with E-state index in [1.54, 1.807) is 0 Å². The molecule has 0 saturated carbocycles. The van der Waals surface area contributed by atoms with Gasteiger partial charge in [-0.3, -0.25) is 4.79 Å². The Labute approximate surface area is 88.2 Å². The molecule has 0 aromatic carbocycles. The minimum absolute atomic E-state index is 0.00817. The highest BCUT2D eigenvalue weighted by Crippen LogP contribution is 1.98. The van der Waals surface area contributed by atoms with Gasteiger partial charge in [0, 0.05) is 19.6 Å². The molecule has 0 fully saturated rings. The van der Waals surface area contributed by atoms with Crippen molar-refractivity contribution in [2.75, 3.05) is 19.6 Å². The zero-order valence-electron chi connectivity index (χ0n) is 8.17. The zero-order valence-corrected chi connectivity index (χ0v) is 8.98. The zero-order chi connectivity index (χ0) is 12.1. The first-order valence-electron chi connectivity index (χ1n) is 4.25. The molecule has 7 N–H and O–H groups in total. The largest absolute Gasteiger partial charge is 0.480 e. The van der Waals surface area contributed by atoms with Crippen LogP contribution in [0.15, 0.2) is 0 Å². The maximum atomic E-state index is 11.0. The molecule has 0 rings (SSSR count). The molecule has 0 aliphatic carbocycles. The molecular weight excluding hydrogens is 224 g/mol. The third-order valence-corrected chi connectivity index (χ3v) is 2.83. The summed E-state index contributed by atoms with van der Waals surface area (Å²) < 4.78 is 22.8. The number of carbonyl (C=O) groups is 1. The predicted molar refractivity (Wildman–Crippen MR) is 54.0 cm³/mol. The summed E-state index contributed by atoms with van der Waals surface area (Å²) in [6, 6.07) is -1.10. The number of carboxylic acids is 1. The van der Waals surface area contributed by atoms with Gasteiger partial charge in [0.25, 0.3) is 10.2 Å². The van der Waals surface area contributed by atoms with Crippen molar-refractivity contribution in [3.05, 3.63) is 0 Å². The topological polar surface area (TPSA) is 153 Å². The highest BCUT2D eigenvalue weighted by atomic mass is 32.2. The third kappa shape index (κ3) is 5.64. The van der Waals surface area contributed by atoms with Crippen LogP contribution in [0.1, 0.15) is 6.42 Å². The van der Waals surface area contributed by atoms with Gasteiger partial charge in [0.15, 0.2) is 0 Å². The van der Waals surface area contributed by atoms with E-state index in [0.29, 0.717) is 0 Å². The average molecular weight is 240 g/mol. The highest BCUT2D eigenvalue weighted by molar-refractivity contribution is 7.86. The first-order chi connectivity index (χ1) is 6.79. The Bertz CT molecular complexity index is 304. The van der Waals surface area contributed by atoms with Crippen LogP contribution in [0.2, 0.25) is 0 Å². The van der Waals surface area contributed by atoms with Gasteiger partial charge in [0.05, 0.1) is 0 Å². The van der Waals surface area contributed by atoms with E-state index in [-0.39, 0.29) is 26.1 Å². The normalized spacial score (nSPS) is 14.1. The molecule has 8 nitrogen and oxygen atoms in total. The molecule has 0 aromatic rings. The number of nitrogens with two attached hydrogens (primary N) is 3. The quantitative estimate of drug-likeness (QED) is 0.378. The molecule has 90 valence electrons. The summed E-state index contributed by atoms with van der Waals surface area (Å²) in [7, 11) is -3.84. The van der Waals surface area contributed by atoms with E-state index in [4.69, 9.17) is 21.7 Å². The van der Waals surface area contributed by atoms with Crippen LogP contribution >= 0.6 is 0 Å². The van der Waals surface area contributed by atoms with Crippen molar-refractivity contribution in [3.63, 3.8) is 0 Å². The van der Waals surface area contributed by atoms with E-state index in [1.807, 2.05) is 0 Å². The summed E-state index contributed by atoms with van der Waals surface area (Å²) in [5, 5.41) is 13.4. The molecule has 15 heavy (non-hydrogen) atoms. The van der Waals surface area contributed by atoms with E-state index in [0.717, 1.165) is 4.31 Å². The van der Waals surface area contributed by atoms with Gasteiger partial charge in [-0.2, -0.15) is 12.7 Å². The number of carboxylic acid groups (broad SMARTS) is 1. The fraction of sp³-hybridized carbons (Fsp3) is 0.833. The van der Waals surface area contributed by atoms with Gasteiger partial charge in [0.1, 0.15) is 6.04 Å². The summed E-state index contributed by atoms with van der Waals surface area (Å²) in [6.45, 7) is 0.105. The number of hydrogen-bond acceptors (Lipinski definition) is 5. The van der Waals surface area contributed by atoms with Gasteiger partial charge in [-0.05, 0) is 6.42 Å². The Hall–Kier alpha value is -0.740. The summed E-state index contributed by atoms with van der Waals surface area (Å²) in [5.41, 5.74) is 10.4. The van der Waals surface area contributed by atoms with Crippen molar-refractivity contribution < 1.29 is 18.3 Å². The molecule has 0 amide bonds. The number of nitrogens with zero attached hydrogens (tertiary/aromatic N) is 1. The first kappa shape index (κ1) is 14.3. The van der Waals surface area contributed by atoms with Gasteiger partial charge >= 0.3 is 5.97 Å². The molecule has 1 atom stereocenters. The average Bonchev–Trinajstić information content (AvgIpc) is 2.09. The molecule has 0 aliphatic heterocycles. The van der Waals surface area contributed by atoms with Crippen molar-refractivity contribution in [2.24, 2.45) is 16.6 Å². The van der Waals surface area contributed by atoms with Crippen LogP contribution in [-0.2, 0) is 15.0 Å². The van der Waals surface area contributed by atoms with Crippen LogP contribution in [-0.4, -0.2) is 49.5 Å². The lowest BCUT2D eigenvalue weighted by Gasteiger charge is -2.19. The molecule has 0 heterocycles. The first-order valence-corrected chi connectivity index (χ1v) is 5.75. The second-order valence-electron chi connectivity index (χ2n) is 2.97. The molecule has 0 saturated heterocycles. The van der Waals surface area contributed by atoms with Crippen LogP contribution in [0.4, 0.5) is 0 Å². The highest BCUT2D eigenvalue weighted by Gasteiger charge is 2.19. The van der Waals surface area contributed by atoms with E-state index in [1.165, 1.54) is 0 Å². The summed E-state index contributed by atoms with van der Waals surface area (Å²) in [6.07, 6.45) is -0.00817. The number of rotatable bonds is 7. The standard InChI is InChI=1S/C6H16N4O4S/c7-2-4-10(15(9,13)14)3-1-5(8)6(11)12/h5H,1-4,7-8H2,(H,11,12)(H2,9,13,14). The summed E-state index contributed by atoms with van der Waals surface area (Å²) in [5.74, 6) is -1.18. The second-order valence-corrected chi connectivity index (χ2v) is 4.51. The van der Waals surface area contributed by atoms with Crippen LogP contribution in [0, 0.1) is 0 Å². The smallest absolute Gasteiger partial charge is 0.320 e. The molecule has 0 aliphatic rings. The van der Waals surface area contributed by atoms with Gasteiger partial charge in [-0.25, -0.2) is 5.14 Å². The summed E-state index contributed by atoms with van der Waals surface area (Å²) in [4.78, 5) is 10.4. The maximum absolute atomic E-state index is 11.0. The Balaban J connectivity index is 4.26. The Kier molecular flexibility index (Phi) is 5.68. The van der Waals surface area contributed by atoms with Gasteiger partial charge in [-0.1, -0.05) is 0 Å². The molecule has 0 aromatic heterocycles. The SMILES string of the molecule is NCCN(CCC(N)C(=O)O)S(N)(=O)=O. The number of hydrogen-bond donors (Lipinski definition) is 4. The van der Waals surface area contributed by atoms with Gasteiger partial charge < -0.3 is 16.6 Å². The Morgan fingerprint density at radius 1 is 1.40 bits per heavy atom. The minimum atomic E-state index is -3.84. The molecule has 0 radical (unpaired) electrons. The second kappa shape index (κ2) is 5.98.